The topological polar surface area (TPSA) is 98.8 Å². The zero-order valence-corrected chi connectivity index (χ0v) is 16.7. The number of halogens is 2. The minimum absolute atomic E-state index is 0.219. The zero-order chi connectivity index (χ0) is 20.5. The molecule has 0 fully saturated rings. The van der Waals surface area contributed by atoms with E-state index in [1.807, 2.05) is 0 Å². The first-order valence-corrected chi connectivity index (χ1v) is 9.08. The number of amides is 2. The highest BCUT2D eigenvalue weighted by molar-refractivity contribution is 6.35. The van der Waals surface area contributed by atoms with Gasteiger partial charge in [0.05, 0.1) is 5.02 Å². The summed E-state index contributed by atoms with van der Waals surface area (Å²) < 4.78 is 11.1. The lowest BCUT2D eigenvalue weighted by Gasteiger charge is -2.15. The Morgan fingerprint density at radius 3 is 2.50 bits per heavy atom. The van der Waals surface area contributed by atoms with Crippen LogP contribution in [0.15, 0.2) is 36.5 Å². The molecule has 2 rings (SSSR count). The number of nitrogens with zero attached hydrogens (tertiary/aromatic N) is 1. The highest BCUT2D eigenvalue weighted by atomic mass is 35.5. The van der Waals surface area contributed by atoms with E-state index < -0.39 is 12.0 Å². The van der Waals surface area contributed by atoms with Crippen molar-refractivity contribution in [1.82, 2.24) is 15.8 Å². The second-order valence-electron chi connectivity index (χ2n) is 5.48. The van der Waals surface area contributed by atoms with Crippen molar-refractivity contribution in [2.24, 2.45) is 0 Å². The largest absolute Gasteiger partial charge is 0.481 e. The molecule has 1 unspecified atom stereocenters. The van der Waals surface area contributed by atoms with Crippen LogP contribution in [0.3, 0.4) is 0 Å². The van der Waals surface area contributed by atoms with Crippen molar-refractivity contribution in [1.29, 1.82) is 0 Å². The summed E-state index contributed by atoms with van der Waals surface area (Å²) >= 11 is 11.8. The highest BCUT2D eigenvalue weighted by Gasteiger charge is 2.15. The number of ether oxygens (including phenoxy) is 2. The van der Waals surface area contributed by atoms with Crippen molar-refractivity contribution in [3.63, 3.8) is 0 Å². The van der Waals surface area contributed by atoms with Crippen molar-refractivity contribution < 1.29 is 23.9 Å². The molecule has 0 aliphatic heterocycles. The van der Waals surface area contributed by atoms with E-state index in [4.69, 9.17) is 37.5 Å². The minimum Gasteiger partial charge on any atom is -0.481 e. The van der Waals surface area contributed by atoms with E-state index in [0.29, 0.717) is 23.1 Å². The van der Waals surface area contributed by atoms with Crippen LogP contribution in [0.25, 0.3) is 0 Å². The minimum atomic E-state index is -0.839. The first kappa shape index (κ1) is 21.7. The molecule has 1 heterocycles. The number of benzene rings is 1. The third-order valence-corrected chi connectivity index (χ3v) is 3.72. The smallest absolute Gasteiger partial charge is 0.284 e. The summed E-state index contributed by atoms with van der Waals surface area (Å²) in [5.41, 5.74) is 2.16. The normalized spacial score (nSPS) is 11.4. The van der Waals surface area contributed by atoms with Gasteiger partial charge in [0.25, 0.3) is 5.91 Å². The Labute approximate surface area is 172 Å². The van der Waals surface area contributed by atoms with Gasteiger partial charge in [-0.25, -0.2) is 10.5 Å². The molecule has 0 aliphatic rings. The molecule has 2 N–H and O–H groups in total. The SMILES string of the molecule is CCNC(=O)CONC(=O)C(C)Oc1ccc(Oc2ncc(Cl)cc2Cl)cc1. The van der Waals surface area contributed by atoms with Gasteiger partial charge in [0.15, 0.2) is 12.7 Å². The van der Waals surface area contributed by atoms with Gasteiger partial charge in [-0.15, -0.1) is 0 Å². The molecule has 8 nitrogen and oxygen atoms in total. The number of carbonyl (C=O) groups excluding carboxylic acids is 2. The van der Waals surface area contributed by atoms with E-state index in [-0.39, 0.29) is 23.4 Å². The quantitative estimate of drug-likeness (QED) is 0.596. The fourth-order valence-corrected chi connectivity index (χ4v) is 2.36. The number of pyridine rings is 1. The van der Waals surface area contributed by atoms with Crippen LogP contribution in [0.5, 0.6) is 17.4 Å². The maximum absolute atomic E-state index is 11.9. The molecule has 2 aromatic rings. The van der Waals surface area contributed by atoms with Gasteiger partial charge < -0.3 is 14.8 Å². The van der Waals surface area contributed by atoms with E-state index in [1.54, 1.807) is 38.1 Å². The molecule has 10 heteroatoms. The van der Waals surface area contributed by atoms with Crippen LogP contribution in [-0.2, 0) is 14.4 Å². The molecule has 1 aromatic carbocycles. The summed E-state index contributed by atoms with van der Waals surface area (Å²) in [6.07, 6.45) is 0.586. The van der Waals surface area contributed by atoms with E-state index >= 15 is 0 Å². The first-order valence-electron chi connectivity index (χ1n) is 8.33. The first-order chi connectivity index (χ1) is 13.4. The van der Waals surface area contributed by atoms with Gasteiger partial charge in [0.2, 0.25) is 11.8 Å². The van der Waals surface area contributed by atoms with Crippen molar-refractivity contribution in [2.75, 3.05) is 13.2 Å². The number of hydroxylamine groups is 1. The van der Waals surface area contributed by atoms with Crippen molar-refractivity contribution >= 4 is 35.0 Å². The van der Waals surface area contributed by atoms with Gasteiger partial charge in [-0.1, -0.05) is 23.2 Å². The third kappa shape index (κ3) is 6.88. The number of hydrogen-bond acceptors (Lipinski definition) is 6. The Bertz CT molecular complexity index is 817. The molecule has 0 radical (unpaired) electrons. The van der Waals surface area contributed by atoms with Crippen LogP contribution in [0, 0.1) is 0 Å². The van der Waals surface area contributed by atoms with E-state index in [2.05, 4.69) is 15.8 Å². The molecule has 1 atom stereocenters. The lowest BCUT2D eigenvalue weighted by molar-refractivity contribution is -0.144. The fourth-order valence-electron chi connectivity index (χ4n) is 1.94. The Hall–Kier alpha value is -2.55. The van der Waals surface area contributed by atoms with Gasteiger partial charge in [0.1, 0.15) is 16.5 Å². The van der Waals surface area contributed by atoms with E-state index in [1.165, 1.54) is 12.3 Å². The molecule has 1 aromatic heterocycles. The number of nitrogens with one attached hydrogen (secondary N) is 2. The van der Waals surface area contributed by atoms with Gasteiger partial charge in [0, 0.05) is 12.7 Å². The molecule has 2 amide bonds. The number of carbonyl (C=O) groups is 2. The van der Waals surface area contributed by atoms with Crippen LogP contribution < -0.4 is 20.3 Å². The molecule has 0 bridgehead atoms. The van der Waals surface area contributed by atoms with Crippen LogP contribution in [0.2, 0.25) is 10.0 Å². The molecule has 150 valence electrons. The number of aromatic nitrogens is 1. The lowest BCUT2D eigenvalue weighted by Crippen LogP contribution is -2.39. The van der Waals surface area contributed by atoms with Crippen molar-refractivity contribution in [3.8, 4) is 17.4 Å². The average molecular weight is 428 g/mol. The molecule has 0 spiro atoms. The standard InChI is InChI=1S/C18H19Cl2N3O5/c1-3-21-16(24)10-26-23-17(25)11(2)27-13-4-6-14(7-5-13)28-18-15(20)8-12(19)9-22-18/h4-9,11H,3,10H2,1-2H3,(H,21,24)(H,23,25). The fraction of sp³-hybridized carbons (Fsp3) is 0.278. The summed E-state index contributed by atoms with van der Waals surface area (Å²) in [5.74, 6) is 0.279. The molecule has 0 aliphatic carbocycles. The highest BCUT2D eigenvalue weighted by Crippen LogP contribution is 2.29. The maximum Gasteiger partial charge on any atom is 0.284 e. The Balaban J connectivity index is 1.84. The van der Waals surface area contributed by atoms with Crippen molar-refractivity contribution in [3.05, 3.63) is 46.6 Å². The predicted octanol–water partition coefficient (Wildman–Crippen LogP) is 3.13. The van der Waals surface area contributed by atoms with Gasteiger partial charge in [-0.05, 0) is 44.2 Å². The summed E-state index contributed by atoms with van der Waals surface area (Å²) in [6.45, 7) is 3.53. The summed E-state index contributed by atoms with van der Waals surface area (Å²) in [4.78, 5) is 32.0. The number of rotatable bonds is 9. The van der Waals surface area contributed by atoms with Gasteiger partial charge in [-0.3, -0.25) is 14.4 Å². The van der Waals surface area contributed by atoms with Gasteiger partial charge in [-0.2, -0.15) is 0 Å². The van der Waals surface area contributed by atoms with E-state index in [0.717, 1.165) is 0 Å². The van der Waals surface area contributed by atoms with Crippen LogP contribution in [0.1, 0.15) is 13.8 Å². The second-order valence-corrected chi connectivity index (χ2v) is 6.33. The van der Waals surface area contributed by atoms with Gasteiger partial charge >= 0.3 is 0 Å². The monoisotopic (exact) mass is 427 g/mol. The molecular formula is C18H19Cl2N3O5. The van der Waals surface area contributed by atoms with Crippen LogP contribution >= 0.6 is 23.2 Å². The molecular weight excluding hydrogens is 409 g/mol. The third-order valence-electron chi connectivity index (χ3n) is 3.24. The lowest BCUT2D eigenvalue weighted by atomic mass is 10.3. The van der Waals surface area contributed by atoms with Crippen LogP contribution in [0.4, 0.5) is 0 Å². The number of likely N-dealkylation sites (N-methyl/N-ethyl adjacent to an activating group) is 1. The van der Waals surface area contributed by atoms with E-state index in [9.17, 15) is 9.59 Å². The average Bonchev–Trinajstić information content (AvgIpc) is 2.65. The molecule has 0 saturated carbocycles. The molecule has 0 saturated heterocycles. The summed E-state index contributed by atoms with van der Waals surface area (Å²) in [7, 11) is 0. The zero-order valence-electron chi connectivity index (χ0n) is 15.2. The maximum atomic E-state index is 11.9. The Morgan fingerprint density at radius 2 is 1.86 bits per heavy atom. The van der Waals surface area contributed by atoms with Crippen LogP contribution in [-0.4, -0.2) is 36.1 Å². The summed E-state index contributed by atoms with van der Waals surface area (Å²) in [6, 6.07) is 8.05. The number of hydrogen-bond donors (Lipinski definition) is 2. The Kier molecular flexibility index (Phi) is 8.31. The summed E-state index contributed by atoms with van der Waals surface area (Å²) in [5, 5.41) is 3.23. The Morgan fingerprint density at radius 1 is 1.18 bits per heavy atom. The second kappa shape index (κ2) is 10.7. The molecule has 28 heavy (non-hydrogen) atoms. The van der Waals surface area contributed by atoms with Crippen molar-refractivity contribution in [2.45, 2.75) is 20.0 Å². The predicted molar refractivity (Wildman–Crippen MR) is 104 cm³/mol.